The molecule has 1 saturated heterocycles. The highest BCUT2D eigenvalue weighted by Crippen LogP contribution is 2.30. The number of rotatable bonds is 6. The number of nitrogens with zero attached hydrogens (tertiary/aromatic N) is 1. The molecule has 0 aliphatic carbocycles. The molecule has 1 fully saturated rings. The number of carbonyl (C=O) groups is 2. The lowest BCUT2D eigenvalue weighted by Crippen LogP contribution is -2.30. The smallest absolute Gasteiger partial charge is 0.229 e. The number of benzene rings is 4. The zero-order chi connectivity index (χ0) is 23.5. The van der Waals surface area contributed by atoms with E-state index in [2.05, 4.69) is 17.4 Å². The van der Waals surface area contributed by atoms with E-state index in [1.807, 2.05) is 91.9 Å². The summed E-state index contributed by atoms with van der Waals surface area (Å²) in [5.74, 6) is 0.946. The Labute approximate surface area is 199 Å². The number of fused-ring (bicyclic) bond motifs is 1. The molecule has 1 aliphatic rings. The molecule has 0 spiro atoms. The van der Waals surface area contributed by atoms with Crippen LogP contribution in [-0.2, 0) is 9.59 Å². The van der Waals surface area contributed by atoms with E-state index in [9.17, 15) is 9.59 Å². The summed E-state index contributed by atoms with van der Waals surface area (Å²) in [5.41, 5.74) is 1.75. The third kappa shape index (κ3) is 4.64. The molecule has 0 radical (unpaired) electrons. The Morgan fingerprint density at radius 3 is 2.32 bits per heavy atom. The SMILES string of the molecule is C[C@@H](c1ccccc1)N1C[C@@H](C(=O)Nc2ccc(Oc3ccc4ccccc4c3)cc2)CC1=O. The van der Waals surface area contributed by atoms with Crippen LogP contribution >= 0.6 is 0 Å². The Hall–Kier alpha value is -4.12. The second kappa shape index (κ2) is 9.40. The van der Waals surface area contributed by atoms with E-state index in [1.165, 1.54) is 0 Å². The molecule has 1 aliphatic heterocycles. The maximum atomic E-state index is 12.8. The van der Waals surface area contributed by atoms with E-state index >= 15 is 0 Å². The topological polar surface area (TPSA) is 58.6 Å². The maximum absolute atomic E-state index is 12.8. The number of carbonyl (C=O) groups excluding carboxylic acids is 2. The van der Waals surface area contributed by atoms with Crippen molar-refractivity contribution in [1.82, 2.24) is 4.90 Å². The Morgan fingerprint density at radius 1 is 0.882 bits per heavy atom. The van der Waals surface area contributed by atoms with Crippen LogP contribution in [0, 0.1) is 5.92 Å². The van der Waals surface area contributed by atoms with Gasteiger partial charge in [-0.2, -0.15) is 0 Å². The minimum atomic E-state index is -0.368. The number of hydrogen-bond acceptors (Lipinski definition) is 3. The molecule has 0 aromatic heterocycles. The van der Waals surface area contributed by atoms with Crippen LogP contribution in [-0.4, -0.2) is 23.3 Å². The quantitative estimate of drug-likeness (QED) is 0.382. The molecule has 5 rings (SSSR count). The van der Waals surface area contributed by atoms with Gasteiger partial charge in [0.15, 0.2) is 0 Å². The van der Waals surface area contributed by atoms with Gasteiger partial charge in [0, 0.05) is 18.7 Å². The first-order chi connectivity index (χ1) is 16.6. The molecule has 34 heavy (non-hydrogen) atoms. The largest absolute Gasteiger partial charge is 0.457 e. The second-order valence-corrected chi connectivity index (χ2v) is 8.66. The zero-order valence-corrected chi connectivity index (χ0v) is 19.0. The van der Waals surface area contributed by atoms with Gasteiger partial charge in [-0.25, -0.2) is 0 Å². The number of ether oxygens (including phenoxy) is 1. The van der Waals surface area contributed by atoms with Crippen LogP contribution in [0.1, 0.15) is 24.9 Å². The van der Waals surface area contributed by atoms with Gasteiger partial charge in [-0.1, -0.05) is 60.7 Å². The van der Waals surface area contributed by atoms with E-state index < -0.39 is 0 Å². The summed E-state index contributed by atoms with van der Waals surface area (Å²) in [6, 6.07) is 31.2. The first-order valence-corrected chi connectivity index (χ1v) is 11.5. The molecule has 5 nitrogen and oxygen atoms in total. The van der Waals surface area contributed by atoms with Gasteiger partial charge in [0.1, 0.15) is 11.5 Å². The number of likely N-dealkylation sites (tertiary alicyclic amines) is 1. The molecule has 2 atom stereocenters. The lowest BCUT2D eigenvalue weighted by molar-refractivity contribution is -0.129. The summed E-state index contributed by atoms with van der Waals surface area (Å²) < 4.78 is 5.98. The molecule has 4 aromatic carbocycles. The predicted octanol–water partition coefficient (Wildman–Crippen LogP) is 6.18. The fourth-order valence-corrected chi connectivity index (χ4v) is 4.41. The molecule has 0 saturated carbocycles. The van der Waals surface area contributed by atoms with E-state index in [4.69, 9.17) is 4.74 Å². The second-order valence-electron chi connectivity index (χ2n) is 8.66. The van der Waals surface area contributed by atoms with Crippen molar-refractivity contribution >= 4 is 28.3 Å². The van der Waals surface area contributed by atoms with Crippen molar-refractivity contribution in [2.45, 2.75) is 19.4 Å². The zero-order valence-electron chi connectivity index (χ0n) is 19.0. The fourth-order valence-electron chi connectivity index (χ4n) is 4.41. The third-order valence-corrected chi connectivity index (χ3v) is 6.36. The van der Waals surface area contributed by atoms with Crippen molar-refractivity contribution in [3.63, 3.8) is 0 Å². The average molecular weight is 451 g/mol. The molecular formula is C29H26N2O3. The normalized spacial score (nSPS) is 16.4. The van der Waals surface area contributed by atoms with Crippen molar-refractivity contribution < 1.29 is 14.3 Å². The van der Waals surface area contributed by atoms with E-state index in [0.29, 0.717) is 18.0 Å². The van der Waals surface area contributed by atoms with Crippen LogP contribution in [0.25, 0.3) is 10.8 Å². The van der Waals surface area contributed by atoms with Crippen LogP contribution < -0.4 is 10.1 Å². The Bertz CT molecular complexity index is 1320. The Balaban J connectivity index is 1.20. The summed E-state index contributed by atoms with van der Waals surface area (Å²) in [5, 5.41) is 5.22. The molecule has 1 heterocycles. The standard InChI is InChI=1S/C29H26N2O3/c1-20(21-7-3-2-4-8-21)31-19-24(18-28(31)32)29(33)30-25-12-15-26(16-13-25)34-27-14-11-22-9-5-6-10-23(22)17-27/h2-17,20,24H,18-19H2,1H3,(H,30,33)/t20-,24-/m0/s1. The van der Waals surface area contributed by atoms with Crippen molar-refractivity contribution in [3.05, 3.63) is 103 Å². The minimum absolute atomic E-state index is 0.00985. The van der Waals surface area contributed by atoms with E-state index in [1.54, 1.807) is 4.90 Å². The van der Waals surface area contributed by atoms with Crippen LogP contribution in [0.5, 0.6) is 11.5 Å². The van der Waals surface area contributed by atoms with Crippen molar-refractivity contribution in [1.29, 1.82) is 0 Å². The van der Waals surface area contributed by atoms with Crippen molar-refractivity contribution in [2.24, 2.45) is 5.92 Å². The van der Waals surface area contributed by atoms with Crippen LogP contribution in [0.15, 0.2) is 97.1 Å². The molecular weight excluding hydrogens is 424 g/mol. The number of nitrogens with one attached hydrogen (secondary N) is 1. The van der Waals surface area contributed by atoms with Crippen LogP contribution in [0.4, 0.5) is 5.69 Å². The van der Waals surface area contributed by atoms with Gasteiger partial charge in [0.25, 0.3) is 0 Å². The maximum Gasteiger partial charge on any atom is 0.229 e. The highest BCUT2D eigenvalue weighted by Gasteiger charge is 2.37. The van der Waals surface area contributed by atoms with Crippen molar-refractivity contribution in [3.8, 4) is 11.5 Å². The first kappa shape index (κ1) is 21.7. The average Bonchev–Trinajstić information content (AvgIpc) is 3.27. The lowest BCUT2D eigenvalue weighted by Gasteiger charge is -2.25. The van der Waals surface area contributed by atoms with Gasteiger partial charge < -0.3 is 15.0 Å². The van der Waals surface area contributed by atoms with Crippen LogP contribution in [0.2, 0.25) is 0 Å². The van der Waals surface area contributed by atoms with Gasteiger partial charge in [0.2, 0.25) is 11.8 Å². The molecule has 0 bridgehead atoms. The summed E-state index contributed by atoms with van der Waals surface area (Å²) in [6.07, 6.45) is 0.228. The van der Waals surface area contributed by atoms with Crippen LogP contribution in [0.3, 0.4) is 0 Å². The summed E-state index contributed by atoms with van der Waals surface area (Å²) >= 11 is 0. The summed E-state index contributed by atoms with van der Waals surface area (Å²) in [7, 11) is 0. The fraction of sp³-hybridized carbons (Fsp3) is 0.172. The van der Waals surface area contributed by atoms with Gasteiger partial charge >= 0.3 is 0 Å². The van der Waals surface area contributed by atoms with Gasteiger partial charge in [0.05, 0.1) is 12.0 Å². The molecule has 4 aromatic rings. The van der Waals surface area contributed by atoms with E-state index in [-0.39, 0.29) is 30.2 Å². The first-order valence-electron chi connectivity index (χ1n) is 11.5. The molecule has 0 unspecified atom stereocenters. The third-order valence-electron chi connectivity index (χ3n) is 6.36. The summed E-state index contributed by atoms with van der Waals surface area (Å²) in [4.78, 5) is 27.2. The Morgan fingerprint density at radius 2 is 1.56 bits per heavy atom. The Kier molecular flexibility index (Phi) is 6.00. The minimum Gasteiger partial charge on any atom is -0.457 e. The van der Waals surface area contributed by atoms with E-state index in [0.717, 1.165) is 22.1 Å². The number of amides is 2. The highest BCUT2D eigenvalue weighted by atomic mass is 16.5. The highest BCUT2D eigenvalue weighted by molar-refractivity contribution is 5.97. The molecule has 170 valence electrons. The predicted molar refractivity (Wildman–Crippen MR) is 134 cm³/mol. The van der Waals surface area contributed by atoms with Gasteiger partial charge in [-0.3, -0.25) is 9.59 Å². The molecule has 2 amide bonds. The number of hydrogen-bond donors (Lipinski definition) is 1. The molecule has 5 heteroatoms. The monoisotopic (exact) mass is 450 g/mol. The van der Waals surface area contributed by atoms with Crippen molar-refractivity contribution in [2.75, 3.05) is 11.9 Å². The lowest BCUT2D eigenvalue weighted by atomic mass is 10.1. The van der Waals surface area contributed by atoms with Gasteiger partial charge in [-0.05, 0) is 59.7 Å². The van der Waals surface area contributed by atoms with Gasteiger partial charge in [-0.15, -0.1) is 0 Å². The molecule has 1 N–H and O–H groups in total. The number of anilines is 1. The summed E-state index contributed by atoms with van der Waals surface area (Å²) in [6.45, 7) is 2.42.